The first kappa shape index (κ1) is 20.9. The summed E-state index contributed by atoms with van der Waals surface area (Å²) < 4.78 is 11.3. The standard InChI is InChI=1S/C23H26N2O3S/c1-15(2)13-28-22(26)20-16(3)24-23(29)25-21(20)18-9-11-19(12-10-18)27-14-17-7-5-4-6-8-17/h4-12,15,21H,13-14H2,1-3H3,(H2,24,25,29). The molecule has 3 rings (SSSR count). The fourth-order valence-corrected chi connectivity index (χ4v) is 3.30. The van der Waals surface area contributed by atoms with Crippen molar-refractivity contribution in [3.8, 4) is 5.75 Å². The van der Waals surface area contributed by atoms with E-state index in [1.54, 1.807) is 0 Å². The molecule has 0 saturated carbocycles. The van der Waals surface area contributed by atoms with Crippen molar-refractivity contribution in [1.82, 2.24) is 10.6 Å². The fraction of sp³-hybridized carbons (Fsp3) is 0.304. The number of ether oxygens (including phenoxy) is 2. The van der Waals surface area contributed by atoms with E-state index < -0.39 is 0 Å². The average molecular weight is 411 g/mol. The highest BCUT2D eigenvalue weighted by molar-refractivity contribution is 7.80. The molecule has 0 saturated heterocycles. The van der Waals surface area contributed by atoms with Gasteiger partial charge in [-0.2, -0.15) is 0 Å². The number of thiocarbonyl (C=S) groups is 1. The number of carbonyl (C=O) groups is 1. The van der Waals surface area contributed by atoms with Gasteiger partial charge in [0, 0.05) is 5.70 Å². The van der Waals surface area contributed by atoms with Crippen molar-refractivity contribution in [2.45, 2.75) is 33.4 Å². The van der Waals surface area contributed by atoms with Crippen LogP contribution >= 0.6 is 12.2 Å². The van der Waals surface area contributed by atoms with Crippen LogP contribution < -0.4 is 15.4 Å². The first-order valence-corrected chi connectivity index (χ1v) is 10.1. The summed E-state index contributed by atoms with van der Waals surface area (Å²) in [5.74, 6) is 0.691. The summed E-state index contributed by atoms with van der Waals surface area (Å²) >= 11 is 5.29. The molecule has 2 N–H and O–H groups in total. The summed E-state index contributed by atoms with van der Waals surface area (Å²) in [5, 5.41) is 6.69. The first-order valence-electron chi connectivity index (χ1n) is 9.66. The van der Waals surface area contributed by atoms with Gasteiger partial charge in [-0.3, -0.25) is 0 Å². The van der Waals surface area contributed by atoms with Crippen LogP contribution in [0.1, 0.15) is 37.9 Å². The average Bonchev–Trinajstić information content (AvgIpc) is 2.71. The summed E-state index contributed by atoms with van der Waals surface area (Å²) in [4.78, 5) is 12.7. The molecule has 0 amide bonds. The van der Waals surface area contributed by atoms with Gasteiger partial charge in [0.1, 0.15) is 12.4 Å². The maximum Gasteiger partial charge on any atom is 0.338 e. The SMILES string of the molecule is CC1=C(C(=O)OCC(C)C)C(c2ccc(OCc3ccccc3)cc2)NC(=S)N1. The maximum absolute atomic E-state index is 12.7. The number of hydrogen-bond donors (Lipinski definition) is 2. The van der Waals surface area contributed by atoms with Gasteiger partial charge in [0.15, 0.2) is 5.11 Å². The Morgan fingerprint density at radius 1 is 1.10 bits per heavy atom. The molecule has 0 aromatic heterocycles. The Balaban J connectivity index is 1.75. The zero-order valence-electron chi connectivity index (χ0n) is 16.9. The summed E-state index contributed by atoms with van der Waals surface area (Å²) in [5.41, 5.74) is 3.27. The second kappa shape index (κ2) is 9.56. The monoisotopic (exact) mass is 410 g/mol. The highest BCUT2D eigenvalue weighted by atomic mass is 32.1. The molecule has 1 atom stereocenters. The van der Waals surface area contributed by atoms with Crippen molar-refractivity contribution in [3.63, 3.8) is 0 Å². The van der Waals surface area contributed by atoms with E-state index in [1.807, 2.05) is 75.4 Å². The molecule has 0 radical (unpaired) electrons. The number of carbonyl (C=O) groups excluding carboxylic acids is 1. The lowest BCUT2D eigenvalue weighted by atomic mass is 9.95. The lowest BCUT2D eigenvalue weighted by Gasteiger charge is -2.30. The summed E-state index contributed by atoms with van der Waals surface area (Å²) in [6.07, 6.45) is 0. The highest BCUT2D eigenvalue weighted by Crippen LogP contribution is 2.29. The van der Waals surface area contributed by atoms with Crippen molar-refractivity contribution in [2.24, 2.45) is 5.92 Å². The van der Waals surface area contributed by atoms with Crippen molar-refractivity contribution in [2.75, 3.05) is 6.61 Å². The number of rotatable bonds is 7. The topological polar surface area (TPSA) is 59.6 Å². The van der Waals surface area contributed by atoms with Crippen LogP contribution in [0.25, 0.3) is 0 Å². The fourth-order valence-electron chi connectivity index (χ4n) is 3.03. The Morgan fingerprint density at radius 3 is 2.45 bits per heavy atom. The van der Waals surface area contributed by atoms with Crippen LogP contribution in [0.3, 0.4) is 0 Å². The minimum atomic E-state index is -0.369. The van der Waals surface area contributed by atoms with Gasteiger partial charge >= 0.3 is 5.97 Å². The predicted molar refractivity (Wildman–Crippen MR) is 117 cm³/mol. The third-order valence-electron chi connectivity index (χ3n) is 4.50. The van der Waals surface area contributed by atoms with Crippen LogP contribution in [0, 0.1) is 5.92 Å². The van der Waals surface area contributed by atoms with Gasteiger partial charge in [0.05, 0.1) is 18.2 Å². The second-order valence-corrected chi connectivity index (χ2v) is 7.81. The molecule has 29 heavy (non-hydrogen) atoms. The zero-order chi connectivity index (χ0) is 20.8. The molecule has 0 aliphatic carbocycles. The Labute approximate surface area is 177 Å². The Hall–Kier alpha value is -2.86. The smallest absolute Gasteiger partial charge is 0.338 e. The molecule has 1 unspecified atom stereocenters. The molecule has 2 aromatic carbocycles. The molecular weight excluding hydrogens is 384 g/mol. The normalized spacial score (nSPS) is 16.3. The Morgan fingerprint density at radius 2 is 1.79 bits per heavy atom. The highest BCUT2D eigenvalue weighted by Gasteiger charge is 2.31. The third kappa shape index (κ3) is 5.57. The molecule has 152 valence electrons. The van der Waals surface area contributed by atoms with E-state index >= 15 is 0 Å². The van der Waals surface area contributed by atoms with Gasteiger partial charge in [-0.1, -0.05) is 56.3 Å². The number of esters is 1. The summed E-state index contributed by atoms with van der Waals surface area (Å²) in [7, 11) is 0. The third-order valence-corrected chi connectivity index (χ3v) is 4.72. The second-order valence-electron chi connectivity index (χ2n) is 7.41. The van der Waals surface area contributed by atoms with Gasteiger partial charge < -0.3 is 20.1 Å². The van der Waals surface area contributed by atoms with E-state index in [0.29, 0.717) is 29.6 Å². The Kier molecular flexibility index (Phi) is 6.88. The van der Waals surface area contributed by atoms with Crippen molar-refractivity contribution >= 4 is 23.3 Å². The van der Waals surface area contributed by atoms with Crippen LogP contribution in [0.15, 0.2) is 65.9 Å². The van der Waals surface area contributed by atoms with E-state index in [4.69, 9.17) is 21.7 Å². The van der Waals surface area contributed by atoms with E-state index in [2.05, 4.69) is 10.6 Å². The van der Waals surface area contributed by atoms with Crippen LogP contribution in [0.5, 0.6) is 5.75 Å². The Bertz CT molecular complexity index is 892. The van der Waals surface area contributed by atoms with Crippen molar-refractivity contribution in [1.29, 1.82) is 0 Å². The molecule has 6 heteroatoms. The molecule has 2 aromatic rings. The lowest BCUT2D eigenvalue weighted by Crippen LogP contribution is -2.45. The van der Waals surface area contributed by atoms with Crippen molar-refractivity contribution in [3.05, 3.63) is 77.0 Å². The molecule has 1 aliphatic rings. The zero-order valence-corrected chi connectivity index (χ0v) is 17.7. The number of nitrogens with one attached hydrogen (secondary N) is 2. The predicted octanol–water partition coefficient (Wildman–Crippen LogP) is 4.26. The number of allylic oxidation sites excluding steroid dienone is 1. The quantitative estimate of drug-likeness (QED) is 0.525. The summed E-state index contributed by atoms with van der Waals surface area (Å²) in [6.45, 7) is 6.73. The molecule has 1 aliphatic heterocycles. The molecular formula is C23H26N2O3S. The van der Waals surface area contributed by atoms with Gasteiger partial charge in [-0.25, -0.2) is 4.79 Å². The van der Waals surface area contributed by atoms with Crippen LogP contribution in [-0.4, -0.2) is 17.7 Å². The van der Waals surface area contributed by atoms with Gasteiger partial charge in [-0.15, -0.1) is 0 Å². The molecule has 5 nitrogen and oxygen atoms in total. The van der Waals surface area contributed by atoms with Crippen LogP contribution in [0.4, 0.5) is 0 Å². The van der Waals surface area contributed by atoms with Gasteiger partial charge in [0.25, 0.3) is 0 Å². The molecule has 0 spiro atoms. The molecule has 0 fully saturated rings. The van der Waals surface area contributed by atoms with Gasteiger partial charge in [-0.05, 0) is 48.3 Å². The first-order chi connectivity index (χ1) is 13.9. The van der Waals surface area contributed by atoms with E-state index in [-0.39, 0.29) is 17.9 Å². The van der Waals surface area contributed by atoms with Crippen LogP contribution in [0.2, 0.25) is 0 Å². The largest absolute Gasteiger partial charge is 0.489 e. The van der Waals surface area contributed by atoms with Crippen LogP contribution in [-0.2, 0) is 16.1 Å². The molecule has 1 heterocycles. The lowest BCUT2D eigenvalue weighted by molar-refractivity contribution is -0.140. The number of hydrogen-bond acceptors (Lipinski definition) is 4. The molecule has 0 bridgehead atoms. The minimum absolute atomic E-state index is 0.268. The minimum Gasteiger partial charge on any atom is -0.489 e. The van der Waals surface area contributed by atoms with Crippen molar-refractivity contribution < 1.29 is 14.3 Å². The van der Waals surface area contributed by atoms with E-state index in [1.165, 1.54) is 0 Å². The summed E-state index contributed by atoms with van der Waals surface area (Å²) in [6, 6.07) is 17.3. The number of benzene rings is 2. The van der Waals surface area contributed by atoms with Gasteiger partial charge in [0.2, 0.25) is 0 Å². The maximum atomic E-state index is 12.7. The van der Waals surface area contributed by atoms with E-state index in [0.717, 1.165) is 16.9 Å². The van der Waals surface area contributed by atoms with E-state index in [9.17, 15) is 4.79 Å².